The van der Waals surface area contributed by atoms with Gasteiger partial charge in [0.1, 0.15) is 29.1 Å². The second-order valence-corrected chi connectivity index (χ2v) is 12.7. The van der Waals surface area contributed by atoms with Gasteiger partial charge < -0.3 is 19.9 Å². The molecular formula is C34H40N8O3. The molecule has 0 spiro atoms. The lowest BCUT2D eigenvalue weighted by molar-refractivity contribution is 0.0602. The SMILES string of the molecule is CC(C)(C)OC(=O)/N=C1\CCCN(Cc2ccnc(C(=O)Nc3ccc(-c4cc5c(N6CCCCC6)ncnc5[nH]4)cc3)c2)C1. The quantitative estimate of drug-likeness (QED) is 0.263. The molecule has 3 aromatic heterocycles. The number of aromatic nitrogens is 4. The van der Waals surface area contributed by atoms with E-state index in [0.29, 0.717) is 24.5 Å². The van der Waals surface area contributed by atoms with Crippen LogP contribution in [0.4, 0.5) is 16.3 Å². The molecule has 234 valence electrons. The standard InChI is InChI=1S/C34H40N8O3/c1-34(2,3)45-33(44)39-26-8-7-15-41(21-26)20-23-13-14-35-29(18-23)32(43)38-25-11-9-24(10-12-25)28-19-27-30(40-28)36-22-37-31(27)42-16-5-4-6-17-42/h9-14,18-19,22H,4-8,15-17,20-21H2,1-3H3,(H,38,43)(H,36,37,40)/b39-26+. The highest BCUT2D eigenvalue weighted by Gasteiger charge is 2.21. The van der Waals surface area contributed by atoms with Crippen molar-refractivity contribution in [2.45, 2.75) is 65.0 Å². The van der Waals surface area contributed by atoms with Crippen LogP contribution in [0.2, 0.25) is 0 Å². The van der Waals surface area contributed by atoms with E-state index < -0.39 is 11.7 Å². The van der Waals surface area contributed by atoms with Crippen molar-refractivity contribution in [3.05, 3.63) is 66.2 Å². The van der Waals surface area contributed by atoms with E-state index in [0.717, 1.165) is 71.9 Å². The van der Waals surface area contributed by atoms with Gasteiger partial charge >= 0.3 is 6.09 Å². The molecule has 0 saturated carbocycles. The molecule has 2 fully saturated rings. The molecule has 0 unspecified atom stereocenters. The number of nitrogens with zero attached hydrogens (tertiary/aromatic N) is 6. The smallest absolute Gasteiger partial charge is 0.434 e. The summed E-state index contributed by atoms with van der Waals surface area (Å²) in [6.45, 7) is 9.61. The lowest BCUT2D eigenvalue weighted by Crippen LogP contribution is -2.36. The van der Waals surface area contributed by atoms with Gasteiger partial charge in [-0.05, 0) is 101 Å². The van der Waals surface area contributed by atoms with E-state index in [1.165, 1.54) is 19.3 Å². The molecule has 2 aliphatic rings. The third-order valence-electron chi connectivity index (χ3n) is 7.97. The normalized spacial score (nSPS) is 17.0. The largest absolute Gasteiger partial charge is 0.442 e. The molecule has 2 N–H and O–H groups in total. The van der Waals surface area contributed by atoms with Crippen molar-refractivity contribution >= 4 is 40.3 Å². The fourth-order valence-electron chi connectivity index (χ4n) is 5.89. The molecule has 0 aliphatic carbocycles. The summed E-state index contributed by atoms with van der Waals surface area (Å²) < 4.78 is 5.35. The van der Waals surface area contributed by atoms with Gasteiger partial charge in [0.25, 0.3) is 5.91 Å². The van der Waals surface area contributed by atoms with Crippen LogP contribution < -0.4 is 10.2 Å². The monoisotopic (exact) mass is 608 g/mol. The Hall–Kier alpha value is -4.64. The Labute approximate surface area is 263 Å². The average Bonchev–Trinajstić information content (AvgIpc) is 3.46. The number of rotatable bonds is 6. The minimum Gasteiger partial charge on any atom is -0.442 e. The van der Waals surface area contributed by atoms with Crippen LogP contribution in [0.5, 0.6) is 0 Å². The Bertz CT molecular complexity index is 1700. The zero-order chi connectivity index (χ0) is 31.4. The lowest BCUT2D eigenvalue weighted by Gasteiger charge is -2.28. The maximum atomic E-state index is 13.1. The predicted octanol–water partition coefficient (Wildman–Crippen LogP) is 6.23. The molecule has 1 aromatic carbocycles. The Morgan fingerprint density at radius 3 is 2.56 bits per heavy atom. The Balaban J connectivity index is 1.08. The number of likely N-dealkylation sites (tertiary alicyclic amines) is 1. The molecule has 4 aromatic rings. The molecule has 5 heterocycles. The molecule has 6 rings (SSSR count). The molecule has 0 atom stereocenters. The highest BCUT2D eigenvalue weighted by molar-refractivity contribution is 6.03. The summed E-state index contributed by atoms with van der Waals surface area (Å²) in [5, 5.41) is 3.99. The van der Waals surface area contributed by atoms with Gasteiger partial charge in [0.15, 0.2) is 0 Å². The van der Waals surface area contributed by atoms with Crippen molar-refractivity contribution < 1.29 is 14.3 Å². The number of pyridine rings is 1. The lowest BCUT2D eigenvalue weighted by atomic mass is 10.1. The van der Waals surface area contributed by atoms with Gasteiger partial charge in [0.2, 0.25) is 0 Å². The average molecular weight is 609 g/mol. The van der Waals surface area contributed by atoms with E-state index in [1.807, 2.05) is 57.2 Å². The number of ether oxygens (including phenoxy) is 1. The minimum atomic E-state index is -0.574. The zero-order valence-electron chi connectivity index (χ0n) is 26.2. The first-order chi connectivity index (χ1) is 21.7. The summed E-state index contributed by atoms with van der Waals surface area (Å²) in [6.07, 6.45) is 8.04. The molecular weight excluding hydrogens is 568 g/mol. The van der Waals surface area contributed by atoms with E-state index in [9.17, 15) is 9.59 Å². The highest BCUT2D eigenvalue weighted by atomic mass is 16.6. The number of piperidine rings is 2. The van der Waals surface area contributed by atoms with Crippen LogP contribution in [0.3, 0.4) is 0 Å². The van der Waals surface area contributed by atoms with Crippen LogP contribution in [0.1, 0.15) is 68.9 Å². The number of amides is 2. The molecule has 2 saturated heterocycles. The van der Waals surface area contributed by atoms with Gasteiger partial charge in [0, 0.05) is 49.5 Å². The van der Waals surface area contributed by atoms with E-state index in [-0.39, 0.29) is 5.91 Å². The second kappa shape index (κ2) is 13.2. The number of aliphatic imine (C=N–C) groups is 1. The summed E-state index contributed by atoms with van der Waals surface area (Å²) in [5.41, 5.74) is 4.99. The fourth-order valence-corrected chi connectivity index (χ4v) is 5.89. The van der Waals surface area contributed by atoms with Crippen LogP contribution in [-0.4, -0.2) is 74.3 Å². The first kappa shape index (κ1) is 30.4. The summed E-state index contributed by atoms with van der Waals surface area (Å²) in [4.78, 5) is 50.8. The van der Waals surface area contributed by atoms with Gasteiger partial charge in [0.05, 0.1) is 5.39 Å². The third-order valence-corrected chi connectivity index (χ3v) is 7.97. The maximum Gasteiger partial charge on any atom is 0.434 e. The van der Waals surface area contributed by atoms with Crippen LogP contribution in [0, 0.1) is 0 Å². The van der Waals surface area contributed by atoms with Crippen molar-refractivity contribution in [3.63, 3.8) is 0 Å². The summed E-state index contributed by atoms with van der Waals surface area (Å²) in [6, 6.07) is 13.6. The van der Waals surface area contributed by atoms with Crippen molar-refractivity contribution in [2.24, 2.45) is 4.99 Å². The third kappa shape index (κ3) is 7.72. The van der Waals surface area contributed by atoms with E-state index in [2.05, 4.69) is 46.1 Å². The van der Waals surface area contributed by atoms with E-state index in [1.54, 1.807) is 12.5 Å². The number of H-pyrrole nitrogens is 1. The highest BCUT2D eigenvalue weighted by Crippen LogP contribution is 2.30. The van der Waals surface area contributed by atoms with E-state index >= 15 is 0 Å². The maximum absolute atomic E-state index is 13.1. The van der Waals surface area contributed by atoms with Gasteiger partial charge in [-0.1, -0.05) is 12.1 Å². The Kier molecular flexibility index (Phi) is 8.88. The topological polar surface area (TPSA) is 129 Å². The number of carbonyl (C=O) groups excluding carboxylic acids is 2. The molecule has 2 amide bonds. The van der Waals surface area contributed by atoms with Crippen molar-refractivity contribution in [3.8, 4) is 11.3 Å². The number of fused-ring (bicyclic) bond motifs is 1. The van der Waals surface area contributed by atoms with Crippen molar-refractivity contribution in [1.82, 2.24) is 24.8 Å². The number of anilines is 2. The Morgan fingerprint density at radius 2 is 1.78 bits per heavy atom. The number of hydrogen-bond donors (Lipinski definition) is 2. The van der Waals surface area contributed by atoms with Gasteiger partial charge in [-0.25, -0.2) is 14.8 Å². The molecule has 0 bridgehead atoms. The van der Waals surface area contributed by atoms with Crippen LogP contribution in [-0.2, 0) is 11.3 Å². The van der Waals surface area contributed by atoms with Crippen LogP contribution in [0.15, 0.2) is 60.0 Å². The van der Waals surface area contributed by atoms with E-state index in [4.69, 9.17) is 4.74 Å². The van der Waals surface area contributed by atoms with Crippen molar-refractivity contribution in [1.29, 1.82) is 0 Å². The zero-order valence-corrected chi connectivity index (χ0v) is 26.2. The Morgan fingerprint density at radius 1 is 0.978 bits per heavy atom. The summed E-state index contributed by atoms with van der Waals surface area (Å²) >= 11 is 0. The second-order valence-electron chi connectivity index (χ2n) is 12.7. The van der Waals surface area contributed by atoms with Crippen LogP contribution in [0.25, 0.3) is 22.3 Å². The predicted molar refractivity (Wildman–Crippen MR) is 176 cm³/mol. The van der Waals surface area contributed by atoms with Crippen molar-refractivity contribution in [2.75, 3.05) is 36.4 Å². The molecule has 0 radical (unpaired) electrons. The summed E-state index contributed by atoms with van der Waals surface area (Å²) in [7, 11) is 0. The molecule has 11 nitrogen and oxygen atoms in total. The van der Waals surface area contributed by atoms with Gasteiger partial charge in [-0.15, -0.1) is 0 Å². The number of carbonyl (C=O) groups is 2. The fraction of sp³-hybridized carbons (Fsp3) is 0.412. The van der Waals surface area contributed by atoms with Gasteiger partial charge in [-0.2, -0.15) is 4.99 Å². The number of benzene rings is 1. The van der Waals surface area contributed by atoms with Crippen LogP contribution >= 0.6 is 0 Å². The number of aromatic amines is 1. The molecule has 11 heteroatoms. The molecule has 45 heavy (non-hydrogen) atoms. The first-order valence-electron chi connectivity index (χ1n) is 15.7. The van der Waals surface area contributed by atoms with Gasteiger partial charge in [-0.3, -0.25) is 14.7 Å². The minimum absolute atomic E-state index is 0.275. The first-order valence-corrected chi connectivity index (χ1v) is 15.7. The summed E-state index contributed by atoms with van der Waals surface area (Å²) in [5.74, 6) is 0.706. The number of hydrogen-bond acceptors (Lipinski definition) is 8. The molecule has 2 aliphatic heterocycles. The number of nitrogens with one attached hydrogen (secondary N) is 2.